The summed E-state index contributed by atoms with van der Waals surface area (Å²) >= 11 is 0. The van der Waals surface area contributed by atoms with Gasteiger partial charge in [0.15, 0.2) is 6.04 Å². The lowest BCUT2D eigenvalue weighted by Gasteiger charge is -2.18. The zero-order chi connectivity index (χ0) is 37.8. The van der Waals surface area contributed by atoms with E-state index in [1.807, 2.05) is 6.92 Å². The predicted octanol–water partition coefficient (Wildman–Crippen LogP) is 9.05. The van der Waals surface area contributed by atoms with Crippen molar-refractivity contribution < 1.29 is 47.8 Å². The largest absolute Gasteiger partial charge is 0.480 e. The molecule has 51 heavy (non-hydrogen) atoms. The molecular weight excluding hydrogens is 673 g/mol. The Balaban J connectivity index is 3.82. The molecule has 11 nitrogen and oxygen atoms in total. The third-order valence-corrected chi connectivity index (χ3v) is 8.82. The quantitative estimate of drug-likeness (QED) is 0.0213. The Morgan fingerprint density at radius 3 is 1.65 bits per heavy atom. The van der Waals surface area contributed by atoms with Crippen molar-refractivity contribution in [3.05, 3.63) is 48.6 Å². The first-order valence-corrected chi connectivity index (χ1v) is 20.7. The summed E-state index contributed by atoms with van der Waals surface area (Å²) in [6.07, 6.45) is 36.6. The number of esters is 1. The number of unbranched alkanes of at least 4 members (excludes halogenated alkanes) is 13. The number of amides is 1. The molecule has 4 N–H and O–H groups in total. The number of nitrogens with one attached hydrogen (secondary N) is 1. The SMILES string of the molecule is CCCCC/C=C\C/C=C\C/C=C\C/C=C\CCCCCCCCCC(=O)OCC(O)COP(=O)(O)OCC(NC(=O)CCCCCC)C(=O)O. The molecule has 0 spiro atoms. The first-order valence-electron chi connectivity index (χ1n) is 19.2. The Kier molecular flexibility index (Phi) is 32.8. The molecule has 0 fully saturated rings. The van der Waals surface area contributed by atoms with Gasteiger partial charge in [-0.25, -0.2) is 9.36 Å². The second-order valence-electron chi connectivity index (χ2n) is 12.8. The summed E-state index contributed by atoms with van der Waals surface area (Å²) in [7, 11) is -4.74. The summed E-state index contributed by atoms with van der Waals surface area (Å²) < 4.78 is 26.5. The molecule has 0 saturated carbocycles. The Morgan fingerprint density at radius 2 is 1.08 bits per heavy atom. The number of allylic oxidation sites excluding steroid dienone is 8. The van der Waals surface area contributed by atoms with Crippen molar-refractivity contribution in [3.63, 3.8) is 0 Å². The van der Waals surface area contributed by atoms with Crippen LogP contribution in [0.3, 0.4) is 0 Å². The van der Waals surface area contributed by atoms with Gasteiger partial charge in [-0.15, -0.1) is 0 Å². The van der Waals surface area contributed by atoms with Crippen LogP contribution in [-0.4, -0.2) is 64.9 Å². The van der Waals surface area contributed by atoms with Crippen molar-refractivity contribution in [2.24, 2.45) is 0 Å². The molecular formula is C39H68NO10P. The van der Waals surface area contributed by atoms with Gasteiger partial charge in [0.25, 0.3) is 0 Å². The highest BCUT2D eigenvalue weighted by molar-refractivity contribution is 7.47. The third-order valence-electron chi connectivity index (χ3n) is 7.87. The van der Waals surface area contributed by atoms with E-state index >= 15 is 0 Å². The summed E-state index contributed by atoms with van der Waals surface area (Å²) in [6.45, 7) is 2.35. The van der Waals surface area contributed by atoms with Gasteiger partial charge in [-0.1, -0.05) is 127 Å². The van der Waals surface area contributed by atoms with Gasteiger partial charge in [0.2, 0.25) is 5.91 Å². The number of aliphatic carboxylic acids is 1. The van der Waals surface area contributed by atoms with E-state index in [0.717, 1.165) is 70.6 Å². The minimum atomic E-state index is -4.74. The maximum absolute atomic E-state index is 12.1. The number of carboxylic acids is 1. The molecule has 0 bridgehead atoms. The van der Waals surface area contributed by atoms with E-state index in [4.69, 9.17) is 13.8 Å². The Morgan fingerprint density at radius 1 is 0.627 bits per heavy atom. The van der Waals surface area contributed by atoms with Gasteiger partial charge in [0.1, 0.15) is 12.7 Å². The molecule has 0 saturated heterocycles. The highest BCUT2D eigenvalue weighted by atomic mass is 31.2. The van der Waals surface area contributed by atoms with Gasteiger partial charge in [-0.05, 0) is 57.8 Å². The van der Waals surface area contributed by atoms with Crippen LogP contribution in [-0.2, 0) is 32.7 Å². The lowest BCUT2D eigenvalue weighted by molar-refractivity contribution is -0.147. The second kappa shape index (κ2) is 34.5. The zero-order valence-electron chi connectivity index (χ0n) is 31.4. The van der Waals surface area contributed by atoms with Crippen LogP contribution in [0.2, 0.25) is 0 Å². The lowest BCUT2D eigenvalue weighted by Crippen LogP contribution is -2.43. The number of carboxylic acid groups (broad SMARTS) is 1. The topological polar surface area (TPSA) is 169 Å². The van der Waals surface area contributed by atoms with E-state index in [0.29, 0.717) is 12.8 Å². The maximum atomic E-state index is 12.1. The van der Waals surface area contributed by atoms with Crippen LogP contribution in [0.25, 0.3) is 0 Å². The van der Waals surface area contributed by atoms with Crippen LogP contribution in [0.15, 0.2) is 48.6 Å². The number of hydrogen-bond donors (Lipinski definition) is 4. The first kappa shape index (κ1) is 48.4. The number of phosphoric acid groups is 1. The molecule has 0 aliphatic carbocycles. The van der Waals surface area contributed by atoms with E-state index in [-0.39, 0.29) is 12.8 Å². The molecule has 0 aromatic carbocycles. The summed E-state index contributed by atoms with van der Waals surface area (Å²) in [5.74, 6) is -2.41. The normalized spacial score (nSPS) is 14.4. The van der Waals surface area contributed by atoms with Crippen LogP contribution in [0.5, 0.6) is 0 Å². The molecule has 294 valence electrons. The van der Waals surface area contributed by atoms with E-state index in [2.05, 4.69) is 60.8 Å². The highest BCUT2D eigenvalue weighted by Gasteiger charge is 2.28. The zero-order valence-corrected chi connectivity index (χ0v) is 32.3. The number of carbonyl (C=O) groups excluding carboxylic acids is 2. The molecule has 0 aliphatic heterocycles. The van der Waals surface area contributed by atoms with Crippen molar-refractivity contribution in [1.29, 1.82) is 0 Å². The Hall–Kier alpha value is -2.56. The number of ether oxygens (including phenoxy) is 1. The molecule has 1 amide bonds. The van der Waals surface area contributed by atoms with Crippen LogP contribution in [0, 0.1) is 0 Å². The van der Waals surface area contributed by atoms with Gasteiger partial charge in [0, 0.05) is 12.8 Å². The molecule has 0 aliphatic rings. The number of hydrogen-bond acceptors (Lipinski definition) is 8. The predicted molar refractivity (Wildman–Crippen MR) is 203 cm³/mol. The maximum Gasteiger partial charge on any atom is 0.472 e. The van der Waals surface area contributed by atoms with Gasteiger partial charge in [-0.3, -0.25) is 18.6 Å². The van der Waals surface area contributed by atoms with Gasteiger partial charge in [-0.2, -0.15) is 0 Å². The number of aliphatic hydroxyl groups is 1. The molecule has 3 atom stereocenters. The number of carbonyl (C=O) groups is 3. The van der Waals surface area contributed by atoms with Crippen LogP contribution in [0.1, 0.15) is 149 Å². The second-order valence-corrected chi connectivity index (χ2v) is 14.2. The minimum Gasteiger partial charge on any atom is -0.480 e. The molecule has 0 heterocycles. The van der Waals surface area contributed by atoms with Crippen molar-refractivity contribution in [2.45, 2.75) is 161 Å². The molecule has 0 aromatic heterocycles. The number of aliphatic hydroxyl groups excluding tert-OH is 1. The minimum absolute atomic E-state index is 0.135. The van der Waals surface area contributed by atoms with Crippen molar-refractivity contribution in [3.8, 4) is 0 Å². The number of phosphoric ester groups is 1. The van der Waals surface area contributed by atoms with Gasteiger partial charge in [0.05, 0.1) is 13.2 Å². The van der Waals surface area contributed by atoms with Crippen molar-refractivity contribution in [2.75, 3.05) is 19.8 Å². The first-order chi connectivity index (χ1) is 24.6. The molecule has 0 radical (unpaired) electrons. The molecule has 0 rings (SSSR count). The Bertz CT molecular complexity index is 1060. The van der Waals surface area contributed by atoms with E-state index in [9.17, 15) is 34.1 Å². The average molecular weight is 742 g/mol. The fraction of sp³-hybridized carbons (Fsp3) is 0.718. The summed E-state index contributed by atoms with van der Waals surface area (Å²) in [5.41, 5.74) is 0. The average Bonchev–Trinajstić information content (AvgIpc) is 3.10. The smallest absolute Gasteiger partial charge is 0.472 e. The third kappa shape index (κ3) is 34.3. The van der Waals surface area contributed by atoms with Crippen molar-refractivity contribution in [1.82, 2.24) is 5.32 Å². The standard InChI is InChI=1S/C39H68NO10P/c1-3-5-7-9-10-11-12-13-14-15-16-17-18-19-20-21-22-23-24-25-26-27-29-31-38(43)48-32-35(41)33-49-51(46,47)50-34-36(39(44)45)40-37(42)30-28-8-6-4-2/h10-11,13-14,16-17,19-20,35-36,41H,3-9,12,15,18,21-34H2,1-2H3,(H,40,42)(H,44,45)(H,46,47)/b11-10-,14-13-,17-16-,20-19-. The van der Waals surface area contributed by atoms with E-state index < -0.39 is 57.6 Å². The number of rotatable bonds is 35. The monoisotopic (exact) mass is 741 g/mol. The highest BCUT2D eigenvalue weighted by Crippen LogP contribution is 2.43. The lowest BCUT2D eigenvalue weighted by atomic mass is 10.1. The van der Waals surface area contributed by atoms with Crippen LogP contribution < -0.4 is 5.32 Å². The molecule has 0 aromatic rings. The van der Waals surface area contributed by atoms with Gasteiger partial charge >= 0.3 is 19.8 Å². The van der Waals surface area contributed by atoms with Crippen LogP contribution >= 0.6 is 7.82 Å². The fourth-order valence-electron chi connectivity index (χ4n) is 4.83. The fourth-order valence-corrected chi connectivity index (χ4v) is 5.60. The van der Waals surface area contributed by atoms with Crippen molar-refractivity contribution >= 4 is 25.7 Å². The molecule has 12 heteroatoms. The molecule has 3 unspecified atom stereocenters. The van der Waals surface area contributed by atoms with E-state index in [1.54, 1.807) is 0 Å². The van der Waals surface area contributed by atoms with Crippen LogP contribution in [0.4, 0.5) is 0 Å². The Labute approximate surface area is 307 Å². The summed E-state index contributed by atoms with van der Waals surface area (Å²) in [4.78, 5) is 45.2. The van der Waals surface area contributed by atoms with Gasteiger partial charge < -0.3 is 25.2 Å². The van der Waals surface area contributed by atoms with E-state index in [1.165, 1.54) is 38.5 Å². The summed E-state index contributed by atoms with van der Waals surface area (Å²) in [6, 6.07) is -1.54. The summed E-state index contributed by atoms with van der Waals surface area (Å²) in [5, 5.41) is 21.5.